The highest BCUT2D eigenvalue weighted by atomic mass is 16.5. The zero-order chi connectivity index (χ0) is 11.4. The highest BCUT2D eigenvalue weighted by molar-refractivity contribution is 5.96. The Balaban J connectivity index is 3.08. The van der Waals surface area contributed by atoms with Crippen molar-refractivity contribution in [1.29, 1.82) is 0 Å². The summed E-state index contributed by atoms with van der Waals surface area (Å²) in [6.07, 6.45) is 1.39. The highest BCUT2D eigenvalue weighted by Crippen LogP contribution is 2.20. The number of carbonyl (C=O) groups excluding carboxylic acids is 1. The van der Waals surface area contributed by atoms with Crippen LogP contribution in [0.3, 0.4) is 0 Å². The first-order valence-corrected chi connectivity index (χ1v) is 4.69. The van der Waals surface area contributed by atoms with Gasteiger partial charge in [-0.15, -0.1) is 0 Å². The summed E-state index contributed by atoms with van der Waals surface area (Å²) in [5.41, 5.74) is 5.91. The zero-order valence-electron chi connectivity index (χ0n) is 9.07. The molecule has 5 heteroatoms. The molecule has 1 aromatic heterocycles. The molecule has 1 heterocycles. The van der Waals surface area contributed by atoms with Crippen LogP contribution in [-0.2, 0) is 0 Å². The summed E-state index contributed by atoms with van der Waals surface area (Å²) in [5, 5.41) is 2.51. The van der Waals surface area contributed by atoms with Crippen LogP contribution in [0.25, 0.3) is 0 Å². The molecule has 1 rings (SSSR count). The Morgan fingerprint density at radius 3 is 2.80 bits per heavy atom. The van der Waals surface area contributed by atoms with Crippen molar-refractivity contribution < 1.29 is 9.53 Å². The molecule has 0 aliphatic rings. The molecule has 5 nitrogen and oxygen atoms in total. The van der Waals surface area contributed by atoms with Gasteiger partial charge in [0.05, 0.1) is 11.7 Å². The molecule has 0 radical (unpaired) electrons. The van der Waals surface area contributed by atoms with Crippen molar-refractivity contribution in [3.05, 3.63) is 17.8 Å². The van der Waals surface area contributed by atoms with Gasteiger partial charge in [-0.25, -0.2) is 4.98 Å². The van der Waals surface area contributed by atoms with E-state index < -0.39 is 0 Å². The van der Waals surface area contributed by atoms with Gasteiger partial charge in [0, 0.05) is 19.3 Å². The lowest BCUT2D eigenvalue weighted by Crippen LogP contribution is -2.20. The second kappa shape index (κ2) is 4.63. The van der Waals surface area contributed by atoms with Crippen LogP contribution in [0.2, 0.25) is 0 Å². The highest BCUT2D eigenvalue weighted by Gasteiger charge is 2.13. The molecule has 0 aliphatic carbocycles. The molecule has 3 N–H and O–H groups in total. The quantitative estimate of drug-likeness (QED) is 0.772. The molecule has 0 aromatic carbocycles. The number of hydrogen-bond acceptors (Lipinski definition) is 4. The molecule has 0 atom stereocenters. The standard InChI is InChI=1S/C10H15N3O2/c1-6(2)15-8-4-9(11)13-5-7(8)10(14)12-3/h4-6H,1-3H3,(H2,11,13)(H,12,14). The number of nitrogen functional groups attached to an aromatic ring is 1. The number of carbonyl (C=O) groups is 1. The average Bonchev–Trinajstić information content (AvgIpc) is 2.16. The predicted octanol–water partition coefficient (Wildman–Crippen LogP) is 0.811. The van der Waals surface area contributed by atoms with Gasteiger partial charge in [-0.05, 0) is 13.8 Å². The molecule has 1 aromatic rings. The van der Waals surface area contributed by atoms with Crippen molar-refractivity contribution in [2.75, 3.05) is 12.8 Å². The van der Waals surface area contributed by atoms with Gasteiger partial charge in [0.15, 0.2) is 0 Å². The maximum Gasteiger partial charge on any atom is 0.256 e. The minimum atomic E-state index is -0.238. The van der Waals surface area contributed by atoms with Crippen LogP contribution in [0.5, 0.6) is 5.75 Å². The first-order chi connectivity index (χ1) is 7.04. The monoisotopic (exact) mass is 209 g/mol. The van der Waals surface area contributed by atoms with Gasteiger partial charge in [-0.3, -0.25) is 4.79 Å². The molecular weight excluding hydrogens is 194 g/mol. The lowest BCUT2D eigenvalue weighted by Gasteiger charge is -2.13. The van der Waals surface area contributed by atoms with E-state index in [0.29, 0.717) is 17.1 Å². The molecular formula is C10H15N3O2. The van der Waals surface area contributed by atoms with Crippen molar-refractivity contribution >= 4 is 11.7 Å². The lowest BCUT2D eigenvalue weighted by molar-refractivity contribution is 0.0957. The number of nitrogens with two attached hydrogens (primary N) is 1. The molecule has 82 valence electrons. The summed E-state index contributed by atoms with van der Waals surface area (Å²) < 4.78 is 5.47. The summed E-state index contributed by atoms with van der Waals surface area (Å²) in [6, 6.07) is 1.55. The van der Waals surface area contributed by atoms with Gasteiger partial charge < -0.3 is 15.8 Å². The Morgan fingerprint density at radius 1 is 1.60 bits per heavy atom. The Labute approximate surface area is 88.6 Å². The van der Waals surface area contributed by atoms with E-state index in [-0.39, 0.29) is 12.0 Å². The first-order valence-electron chi connectivity index (χ1n) is 4.69. The summed E-state index contributed by atoms with van der Waals surface area (Å²) in [7, 11) is 1.55. The maximum absolute atomic E-state index is 11.5. The van der Waals surface area contributed by atoms with E-state index in [2.05, 4.69) is 10.3 Å². The maximum atomic E-state index is 11.5. The smallest absolute Gasteiger partial charge is 0.256 e. The largest absolute Gasteiger partial charge is 0.490 e. The number of rotatable bonds is 3. The fourth-order valence-corrected chi connectivity index (χ4v) is 1.11. The van der Waals surface area contributed by atoms with E-state index in [0.717, 1.165) is 0 Å². The van der Waals surface area contributed by atoms with Gasteiger partial charge in [0.1, 0.15) is 11.6 Å². The molecule has 0 fully saturated rings. The Kier molecular flexibility index (Phi) is 3.49. The normalized spacial score (nSPS) is 10.1. The molecule has 0 unspecified atom stereocenters. The minimum Gasteiger partial charge on any atom is -0.490 e. The number of hydrogen-bond donors (Lipinski definition) is 2. The molecule has 0 saturated heterocycles. The molecule has 0 saturated carbocycles. The number of pyridine rings is 1. The van der Waals surface area contributed by atoms with Crippen molar-refractivity contribution in [2.45, 2.75) is 20.0 Å². The number of amides is 1. The van der Waals surface area contributed by atoms with E-state index >= 15 is 0 Å². The Morgan fingerprint density at radius 2 is 2.27 bits per heavy atom. The third-order valence-corrected chi connectivity index (χ3v) is 1.72. The Hall–Kier alpha value is -1.78. The summed E-state index contributed by atoms with van der Waals surface area (Å²) in [6.45, 7) is 3.76. The molecule has 1 amide bonds. The molecule has 0 bridgehead atoms. The van der Waals surface area contributed by atoms with Gasteiger partial charge in [0.25, 0.3) is 5.91 Å². The van der Waals surface area contributed by atoms with Gasteiger partial charge in [-0.2, -0.15) is 0 Å². The van der Waals surface area contributed by atoms with E-state index in [1.807, 2.05) is 13.8 Å². The Bertz CT molecular complexity index is 364. The van der Waals surface area contributed by atoms with Crippen LogP contribution in [0, 0.1) is 0 Å². The number of nitrogens with one attached hydrogen (secondary N) is 1. The number of ether oxygens (including phenoxy) is 1. The van der Waals surface area contributed by atoms with E-state index in [4.69, 9.17) is 10.5 Å². The number of aromatic nitrogens is 1. The van der Waals surface area contributed by atoms with Gasteiger partial charge in [0.2, 0.25) is 0 Å². The van der Waals surface area contributed by atoms with Gasteiger partial charge >= 0.3 is 0 Å². The summed E-state index contributed by atoms with van der Waals surface area (Å²) >= 11 is 0. The number of nitrogens with zero attached hydrogens (tertiary/aromatic N) is 1. The van der Waals surface area contributed by atoms with Crippen LogP contribution >= 0.6 is 0 Å². The van der Waals surface area contributed by atoms with Crippen LogP contribution < -0.4 is 15.8 Å². The molecule has 0 aliphatic heterocycles. The van der Waals surface area contributed by atoms with Crippen molar-refractivity contribution in [3.63, 3.8) is 0 Å². The van der Waals surface area contributed by atoms with E-state index in [1.165, 1.54) is 6.20 Å². The van der Waals surface area contributed by atoms with Crippen LogP contribution in [0.1, 0.15) is 24.2 Å². The minimum absolute atomic E-state index is 0.0183. The predicted molar refractivity (Wildman–Crippen MR) is 57.8 cm³/mol. The second-order valence-electron chi connectivity index (χ2n) is 3.35. The zero-order valence-corrected chi connectivity index (χ0v) is 9.07. The van der Waals surface area contributed by atoms with Crippen LogP contribution in [0.4, 0.5) is 5.82 Å². The lowest BCUT2D eigenvalue weighted by atomic mass is 10.2. The third-order valence-electron chi connectivity index (χ3n) is 1.72. The SMILES string of the molecule is CNC(=O)c1cnc(N)cc1OC(C)C. The second-order valence-corrected chi connectivity index (χ2v) is 3.35. The molecule has 15 heavy (non-hydrogen) atoms. The van der Waals surface area contributed by atoms with Gasteiger partial charge in [-0.1, -0.05) is 0 Å². The number of anilines is 1. The van der Waals surface area contributed by atoms with Crippen molar-refractivity contribution in [1.82, 2.24) is 10.3 Å². The summed E-state index contributed by atoms with van der Waals surface area (Å²) in [5.74, 6) is 0.549. The van der Waals surface area contributed by atoms with E-state index in [9.17, 15) is 4.79 Å². The van der Waals surface area contributed by atoms with Crippen LogP contribution in [0.15, 0.2) is 12.3 Å². The molecule has 0 spiro atoms. The summed E-state index contributed by atoms with van der Waals surface area (Å²) in [4.78, 5) is 15.3. The van der Waals surface area contributed by atoms with E-state index in [1.54, 1.807) is 13.1 Å². The van der Waals surface area contributed by atoms with Crippen molar-refractivity contribution in [3.8, 4) is 5.75 Å². The first kappa shape index (κ1) is 11.3. The fraction of sp³-hybridized carbons (Fsp3) is 0.400. The fourth-order valence-electron chi connectivity index (χ4n) is 1.11. The third kappa shape index (κ3) is 2.83. The topological polar surface area (TPSA) is 77.2 Å². The van der Waals surface area contributed by atoms with Crippen molar-refractivity contribution in [2.24, 2.45) is 0 Å². The van der Waals surface area contributed by atoms with Crippen LogP contribution in [-0.4, -0.2) is 24.0 Å². The average molecular weight is 209 g/mol.